The zero-order valence-corrected chi connectivity index (χ0v) is 21.0. The molecule has 26 heavy (non-hydrogen) atoms. The van der Waals surface area contributed by atoms with Crippen LogP contribution in [0, 0.1) is 0 Å². The van der Waals surface area contributed by atoms with Gasteiger partial charge in [-0.15, -0.1) is 0 Å². The van der Waals surface area contributed by atoms with Crippen LogP contribution in [0.2, 0.25) is 13.1 Å². The quantitative estimate of drug-likeness (QED) is 0.462. The molecular formula is C20H24Cl2O2SiZr. The van der Waals surface area contributed by atoms with Gasteiger partial charge in [0.25, 0.3) is 0 Å². The number of rotatable bonds is 2. The summed E-state index contributed by atoms with van der Waals surface area (Å²) in [5, 5.41) is 2.88. The van der Waals surface area contributed by atoms with E-state index in [2.05, 4.69) is 65.1 Å². The van der Waals surface area contributed by atoms with E-state index in [-0.39, 0.29) is 63.2 Å². The smallest absolute Gasteiger partial charge is 1.00 e. The molecule has 0 amide bonds. The van der Waals surface area contributed by atoms with Crippen molar-refractivity contribution in [1.82, 2.24) is 0 Å². The second-order valence-corrected chi connectivity index (χ2v) is 11.8. The molecule has 4 rings (SSSR count). The fraction of sp³-hybridized carbons (Fsp3) is 0.400. The van der Waals surface area contributed by atoms with Crippen LogP contribution in [0.25, 0.3) is 0 Å². The molecular weight excluding hydrogens is 462 g/mol. The number of hydrogen-bond acceptors (Lipinski definition) is 2. The van der Waals surface area contributed by atoms with Gasteiger partial charge in [0.05, 0.1) is 0 Å². The van der Waals surface area contributed by atoms with Gasteiger partial charge in [0.15, 0.2) is 0 Å². The van der Waals surface area contributed by atoms with Crippen LogP contribution < -0.4 is 24.8 Å². The van der Waals surface area contributed by atoms with Crippen molar-refractivity contribution in [3.05, 3.63) is 68.5 Å². The molecule has 0 aromatic heterocycles. The van der Waals surface area contributed by atoms with Gasteiger partial charge in [-0.1, -0.05) is 13.1 Å². The summed E-state index contributed by atoms with van der Waals surface area (Å²) in [4.78, 5) is 0. The summed E-state index contributed by atoms with van der Waals surface area (Å²) < 4.78 is 12.3. The number of fused-ring (bicyclic) bond motifs is 2. The van der Waals surface area contributed by atoms with Crippen molar-refractivity contribution < 1.29 is 60.5 Å². The van der Waals surface area contributed by atoms with Gasteiger partial charge in [-0.2, -0.15) is 0 Å². The summed E-state index contributed by atoms with van der Waals surface area (Å²) in [6.07, 6.45) is 9.39. The minimum absolute atomic E-state index is 0. The first-order chi connectivity index (χ1) is 10.8. The molecule has 0 radical (unpaired) electrons. The normalized spacial score (nSPS) is 25.6. The Balaban J connectivity index is 0.00000113. The number of allylic oxidation sites excluding steroid dienone is 6. The van der Waals surface area contributed by atoms with Gasteiger partial charge in [-0.25, -0.2) is 0 Å². The van der Waals surface area contributed by atoms with Gasteiger partial charge < -0.3 is 34.3 Å². The number of halogens is 2. The van der Waals surface area contributed by atoms with E-state index in [0.717, 1.165) is 11.5 Å². The Hall–Kier alpha value is -0.280. The molecule has 2 unspecified atom stereocenters. The summed E-state index contributed by atoms with van der Waals surface area (Å²) in [6, 6.07) is 0. The van der Waals surface area contributed by atoms with Crippen LogP contribution in [0.1, 0.15) is 27.7 Å². The van der Waals surface area contributed by atoms with Crippen LogP contribution in [0.5, 0.6) is 0 Å². The first-order valence-corrected chi connectivity index (χ1v) is 11.4. The van der Waals surface area contributed by atoms with Gasteiger partial charge in [0, 0.05) is 11.1 Å². The van der Waals surface area contributed by atoms with E-state index in [1.165, 1.54) is 32.7 Å². The fourth-order valence-electron chi connectivity index (χ4n) is 4.51. The molecule has 4 aliphatic rings. The standard InChI is InChI=1S/C20H24O2Si.2ClH.Zr/c1-11-7-15-9-13(3)21-17(15)19(11)23(5,6)20-12(2)8-16-10-14(4)22-18(16)20;;;/h7-10,13-14H,1-6H3;2*1H;/q;;;+2/p-2. The molecule has 0 aromatic carbocycles. The van der Waals surface area contributed by atoms with E-state index in [4.69, 9.17) is 9.47 Å². The van der Waals surface area contributed by atoms with Crippen LogP contribution in [-0.2, 0) is 35.7 Å². The Morgan fingerprint density at radius 2 is 1.12 bits per heavy atom. The van der Waals surface area contributed by atoms with Gasteiger partial charge in [0.2, 0.25) is 0 Å². The molecule has 2 nitrogen and oxygen atoms in total. The van der Waals surface area contributed by atoms with Crippen molar-refractivity contribution in [3.63, 3.8) is 0 Å². The Kier molecular flexibility index (Phi) is 7.30. The SMILES string of the molecule is CC1=CC2=CC(C)OC2=C1[Si](C)(C)C1=C2OC(C)C=C2C=C1C.[Cl-].[Cl-].[Zr+2]. The van der Waals surface area contributed by atoms with Crippen LogP contribution in [0.4, 0.5) is 0 Å². The maximum Gasteiger partial charge on any atom is 2.00 e. The Bertz CT molecular complexity index is 750. The molecule has 2 atom stereocenters. The molecule has 0 saturated heterocycles. The molecule has 0 saturated carbocycles. The van der Waals surface area contributed by atoms with Crippen molar-refractivity contribution in [2.24, 2.45) is 0 Å². The molecule has 138 valence electrons. The van der Waals surface area contributed by atoms with Gasteiger partial charge >= 0.3 is 26.2 Å². The van der Waals surface area contributed by atoms with Crippen molar-refractivity contribution in [1.29, 1.82) is 0 Å². The molecule has 0 N–H and O–H groups in total. The van der Waals surface area contributed by atoms with Crippen molar-refractivity contribution >= 4 is 8.07 Å². The zero-order valence-electron chi connectivity index (χ0n) is 16.0. The first kappa shape index (κ1) is 23.8. The molecule has 2 aliphatic carbocycles. The monoisotopic (exact) mass is 484 g/mol. The van der Waals surface area contributed by atoms with Gasteiger partial charge in [0.1, 0.15) is 31.8 Å². The molecule has 6 heteroatoms. The molecule has 0 bridgehead atoms. The summed E-state index contributed by atoms with van der Waals surface area (Å²) in [5.74, 6) is 2.24. The maximum atomic E-state index is 6.15. The maximum absolute atomic E-state index is 6.15. The van der Waals surface area contributed by atoms with Crippen LogP contribution >= 0.6 is 0 Å². The van der Waals surface area contributed by atoms with E-state index in [1.807, 2.05) is 0 Å². The van der Waals surface area contributed by atoms with Crippen molar-refractivity contribution in [2.75, 3.05) is 0 Å². The predicted octanol–water partition coefficient (Wildman–Crippen LogP) is -1.10. The Morgan fingerprint density at radius 3 is 1.46 bits per heavy atom. The average molecular weight is 487 g/mol. The van der Waals surface area contributed by atoms with E-state index in [1.54, 1.807) is 0 Å². The van der Waals surface area contributed by atoms with Gasteiger partial charge in [-0.05, 0) is 73.5 Å². The average Bonchev–Trinajstić information content (AvgIpc) is 3.06. The van der Waals surface area contributed by atoms with Crippen molar-refractivity contribution in [2.45, 2.75) is 53.0 Å². The summed E-state index contributed by atoms with van der Waals surface area (Å²) in [7, 11) is -1.90. The van der Waals surface area contributed by atoms with Crippen LogP contribution in [0.15, 0.2) is 68.5 Å². The van der Waals surface area contributed by atoms with E-state index < -0.39 is 8.07 Å². The largest absolute Gasteiger partial charge is 2.00 e. The minimum atomic E-state index is -1.90. The molecule has 0 fully saturated rings. The second kappa shape index (κ2) is 7.99. The summed E-state index contributed by atoms with van der Waals surface area (Å²) in [5.41, 5.74) is 5.26. The van der Waals surface area contributed by atoms with Crippen LogP contribution in [-0.4, -0.2) is 20.3 Å². The Labute approximate surface area is 189 Å². The summed E-state index contributed by atoms with van der Waals surface area (Å²) in [6.45, 7) is 13.5. The summed E-state index contributed by atoms with van der Waals surface area (Å²) >= 11 is 0. The van der Waals surface area contributed by atoms with E-state index in [9.17, 15) is 0 Å². The van der Waals surface area contributed by atoms with Crippen LogP contribution in [0.3, 0.4) is 0 Å². The molecule has 2 heterocycles. The zero-order chi connectivity index (χ0) is 16.5. The van der Waals surface area contributed by atoms with E-state index in [0.29, 0.717) is 0 Å². The third kappa shape index (κ3) is 3.43. The number of hydrogen-bond donors (Lipinski definition) is 0. The third-order valence-corrected chi connectivity index (χ3v) is 8.94. The number of ether oxygens (including phenoxy) is 2. The minimum Gasteiger partial charge on any atom is -1.00 e. The fourth-order valence-corrected chi connectivity index (χ4v) is 8.42. The second-order valence-electron chi connectivity index (χ2n) is 7.58. The molecule has 0 aromatic rings. The molecule has 2 aliphatic heterocycles. The van der Waals surface area contributed by atoms with Crippen molar-refractivity contribution in [3.8, 4) is 0 Å². The molecule has 0 spiro atoms. The van der Waals surface area contributed by atoms with Gasteiger partial charge in [-0.3, -0.25) is 0 Å². The Morgan fingerprint density at radius 1 is 0.769 bits per heavy atom. The first-order valence-electron chi connectivity index (χ1n) is 8.43. The predicted molar refractivity (Wildman–Crippen MR) is 96.3 cm³/mol. The third-order valence-electron chi connectivity index (χ3n) is 5.20. The topological polar surface area (TPSA) is 18.5 Å². The van der Waals surface area contributed by atoms with E-state index >= 15 is 0 Å².